The molecule has 126 valence electrons. The minimum atomic E-state index is -0.253. The van der Waals surface area contributed by atoms with Crippen molar-refractivity contribution in [3.63, 3.8) is 0 Å². The highest BCUT2D eigenvalue weighted by Gasteiger charge is 2.31. The third-order valence-corrected chi connectivity index (χ3v) is 4.41. The van der Waals surface area contributed by atoms with Crippen molar-refractivity contribution >= 4 is 11.9 Å². The maximum atomic E-state index is 12.5. The van der Waals surface area contributed by atoms with Gasteiger partial charge in [0.1, 0.15) is 12.4 Å². The molecule has 1 saturated heterocycles. The summed E-state index contributed by atoms with van der Waals surface area (Å²) in [7, 11) is 1.86. The van der Waals surface area contributed by atoms with Crippen molar-refractivity contribution in [2.75, 3.05) is 18.9 Å². The number of pyridine rings is 1. The molecule has 3 rings (SSSR count). The van der Waals surface area contributed by atoms with Gasteiger partial charge in [-0.3, -0.25) is 0 Å². The topological polar surface area (TPSA) is 54.5 Å². The molecule has 1 amide bonds. The van der Waals surface area contributed by atoms with Gasteiger partial charge in [0.2, 0.25) is 0 Å². The van der Waals surface area contributed by atoms with Crippen LogP contribution in [0.3, 0.4) is 0 Å². The molecule has 0 saturated carbocycles. The molecule has 2 aromatic rings. The van der Waals surface area contributed by atoms with Crippen molar-refractivity contribution in [3.05, 3.63) is 59.3 Å². The maximum Gasteiger partial charge on any atom is 0.410 e. The van der Waals surface area contributed by atoms with Crippen LogP contribution in [-0.4, -0.2) is 29.6 Å². The van der Waals surface area contributed by atoms with Crippen LogP contribution in [0.5, 0.6) is 0 Å². The SMILES string of the molecule is CNc1ncc([C@H]2CCCN2C(=O)OCc2ccccc2)cc1C. The normalized spacial score (nSPS) is 16.9. The standard InChI is InChI=1S/C19H23N3O2/c1-14-11-16(12-21-18(14)20-2)17-9-6-10-22(17)19(23)24-13-15-7-4-3-5-8-15/h3-5,7-8,11-12,17H,6,9-10,13H2,1-2H3,(H,20,21)/t17-/m1/s1. The van der Waals surface area contributed by atoms with E-state index in [1.165, 1.54) is 0 Å². The Labute approximate surface area is 142 Å². The van der Waals surface area contributed by atoms with Crippen LogP contribution in [0.1, 0.15) is 35.6 Å². The molecular formula is C19H23N3O2. The zero-order valence-corrected chi connectivity index (χ0v) is 14.2. The summed E-state index contributed by atoms with van der Waals surface area (Å²) in [6, 6.07) is 11.9. The van der Waals surface area contributed by atoms with Crippen LogP contribution in [0.25, 0.3) is 0 Å². The largest absolute Gasteiger partial charge is 0.445 e. The van der Waals surface area contributed by atoms with Gasteiger partial charge < -0.3 is 15.0 Å². The number of aromatic nitrogens is 1. The third kappa shape index (κ3) is 3.50. The average Bonchev–Trinajstić information content (AvgIpc) is 3.10. The molecule has 5 heteroatoms. The predicted molar refractivity (Wildman–Crippen MR) is 93.8 cm³/mol. The summed E-state index contributed by atoms with van der Waals surface area (Å²) >= 11 is 0. The first-order chi connectivity index (χ1) is 11.7. The van der Waals surface area contributed by atoms with Gasteiger partial charge in [-0.2, -0.15) is 0 Å². The highest BCUT2D eigenvalue weighted by molar-refractivity contribution is 5.69. The fraction of sp³-hybridized carbons (Fsp3) is 0.368. The smallest absolute Gasteiger partial charge is 0.410 e. The number of carbonyl (C=O) groups excluding carboxylic acids is 1. The molecule has 1 N–H and O–H groups in total. The number of rotatable bonds is 4. The second-order valence-corrected chi connectivity index (χ2v) is 6.08. The molecule has 1 aromatic heterocycles. The van der Waals surface area contributed by atoms with Crippen LogP contribution in [0.2, 0.25) is 0 Å². The fourth-order valence-electron chi connectivity index (χ4n) is 3.17. The number of nitrogens with zero attached hydrogens (tertiary/aromatic N) is 2. The zero-order valence-electron chi connectivity index (χ0n) is 14.2. The Hall–Kier alpha value is -2.56. The van der Waals surface area contributed by atoms with E-state index in [4.69, 9.17) is 4.74 Å². The number of carbonyl (C=O) groups is 1. The van der Waals surface area contributed by atoms with E-state index < -0.39 is 0 Å². The number of nitrogens with one attached hydrogen (secondary N) is 1. The van der Waals surface area contributed by atoms with Gasteiger partial charge in [-0.15, -0.1) is 0 Å². The first kappa shape index (κ1) is 16.3. The number of amides is 1. The van der Waals surface area contributed by atoms with Gasteiger partial charge >= 0.3 is 6.09 Å². The van der Waals surface area contributed by atoms with Crippen LogP contribution in [0.15, 0.2) is 42.6 Å². The van der Waals surface area contributed by atoms with Crippen LogP contribution in [0, 0.1) is 6.92 Å². The van der Waals surface area contributed by atoms with E-state index in [0.717, 1.165) is 41.9 Å². The van der Waals surface area contributed by atoms with E-state index in [1.54, 1.807) is 0 Å². The molecule has 0 bridgehead atoms. The van der Waals surface area contributed by atoms with Gasteiger partial charge in [-0.1, -0.05) is 30.3 Å². The molecule has 0 radical (unpaired) electrons. The molecule has 0 unspecified atom stereocenters. The maximum absolute atomic E-state index is 12.5. The van der Waals surface area contributed by atoms with Crippen LogP contribution in [0.4, 0.5) is 10.6 Å². The number of hydrogen-bond acceptors (Lipinski definition) is 4. The number of anilines is 1. The number of hydrogen-bond donors (Lipinski definition) is 1. The fourth-order valence-corrected chi connectivity index (χ4v) is 3.17. The van der Waals surface area contributed by atoms with E-state index in [-0.39, 0.29) is 12.1 Å². The lowest BCUT2D eigenvalue weighted by atomic mass is 10.1. The minimum Gasteiger partial charge on any atom is -0.445 e. The molecule has 0 aliphatic carbocycles. The summed E-state index contributed by atoms with van der Waals surface area (Å²) in [4.78, 5) is 18.7. The highest BCUT2D eigenvalue weighted by Crippen LogP contribution is 2.33. The molecular weight excluding hydrogens is 302 g/mol. The van der Waals surface area contributed by atoms with E-state index in [9.17, 15) is 4.79 Å². The first-order valence-corrected chi connectivity index (χ1v) is 8.30. The molecule has 1 atom stereocenters. The molecule has 1 aliphatic heterocycles. The molecule has 1 aliphatic rings. The van der Waals surface area contributed by atoms with E-state index >= 15 is 0 Å². The Bertz CT molecular complexity index is 703. The molecule has 0 spiro atoms. The lowest BCUT2D eigenvalue weighted by molar-refractivity contribution is 0.0920. The molecule has 1 aromatic carbocycles. The lowest BCUT2D eigenvalue weighted by Gasteiger charge is -2.24. The van der Waals surface area contributed by atoms with Crippen LogP contribution < -0.4 is 5.32 Å². The van der Waals surface area contributed by atoms with Gasteiger partial charge in [0.05, 0.1) is 6.04 Å². The third-order valence-electron chi connectivity index (χ3n) is 4.41. The first-order valence-electron chi connectivity index (χ1n) is 8.30. The Morgan fingerprint density at radius 2 is 2.17 bits per heavy atom. The van der Waals surface area contributed by atoms with Crippen molar-refractivity contribution in [3.8, 4) is 0 Å². The highest BCUT2D eigenvalue weighted by atomic mass is 16.6. The van der Waals surface area contributed by atoms with E-state index in [2.05, 4.69) is 16.4 Å². The Balaban J connectivity index is 1.68. The lowest BCUT2D eigenvalue weighted by Crippen LogP contribution is -2.31. The Kier molecular flexibility index (Phi) is 4.99. The van der Waals surface area contributed by atoms with Gasteiger partial charge in [-0.25, -0.2) is 9.78 Å². The van der Waals surface area contributed by atoms with Crippen molar-refractivity contribution in [1.82, 2.24) is 9.88 Å². The summed E-state index contributed by atoms with van der Waals surface area (Å²) < 4.78 is 5.49. The minimum absolute atomic E-state index is 0.0466. The zero-order chi connectivity index (χ0) is 16.9. The number of benzene rings is 1. The Morgan fingerprint density at radius 3 is 2.88 bits per heavy atom. The number of ether oxygens (including phenoxy) is 1. The monoisotopic (exact) mass is 325 g/mol. The predicted octanol–water partition coefficient (Wildman–Crippen LogP) is 3.91. The second-order valence-electron chi connectivity index (χ2n) is 6.08. The van der Waals surface area contributed by atoms with Gasteiger partial charge in [0.15, 0.2) is 0 Å². The van der Waals surface area contributed by atoms with E-state index in [0.29, 0.717) is 6.61 Å². The van der Waals surface area contributed by atoms with Gasteiger partial charge in [-0.05, 0) is 42.5 Å². The van der Waals surface area contributed by atoms with Gasteiger partial charge in [0.25, 0.3) is 0 Å². The summed E-state index contributed by atoms with van der Waals surface area (Å²) in [6.45, 7) is 3.05. The quantitative estimate of drug-likeness (QED) is 0.926. The number of likely N-dealkylation sites (tertiary alicyclic amines) is 1. The van der Waals surface area contributed by atoms with Crippen molar-refractivity contribution < 1.29 is 9.53 Å². The van der Waals surface area contributed by atoms with Crippen molar-refractivity contribution in [1.29, 1.82) is 0 Å². The Morgan fingerprint density at radius 1 is 1.38 bits per heavy atom. The number of aryl methyl sites for hydroxylation is 1. The summed E-state index contributed by atoms with van der Waals surface area (Å²) in [6.07, 6.45) is 3.53. The summed E-state index contributed by atoms with van der Waals surface area (Å²) in [5, 5.41) is 3.07. The van der Waals surface area contributed by atoms with E-state index in [1.807, 2.05) is 55.4 Å². The van der Waals surface area contributed by atoms with Crippen LogP contribution >= 0.6 is 0 Å². The molecule has 24 heavy (non-hydrogen) atoms. The molecule has 5 nitrogen and oxygen atoms in total. The van der Waals surface area contributed by atoms with Crippen LogP contribution in [-0.2, 0) is 11.3 Å². The van der Waals surface area contributed by atoms with Gasteiger partial charge in [0, 0.05) is 19.8 Å². The van der Waals surface area contributed by atoms with Crippen molar-refractivity contribution in [2.24, 2.45) is 0 Å². The molecule has 1 fully saturated rings. The molecule has 2 heterocycles. The summed E-state index contributed by atoms with van der Waals surface area (Å²) in [5.74, 6) is 0.870. The van der Waals surface area contributed by atoms with Crippen molar-refractivity contribution in [2.45, 2.75) is 32.4 Å². The second kappa shape index (κ2) is 7.34. The average molecular weight is 325 g/mol. The summed E-state index contributed by atoms with van der Waals surface area (Å²) in [5.41, 5.74) is 3.15.